The smallest absolute Gasteiger partial charge is 0.0125 e. The van der Waals surface area contributed by atoms with E-state index >= 15 is 0 Å². The van der Waals surface area contributed by atoms with Crippen molar-refractivity contribution < 1.29 is 0 Å². The monoisotopic (exact) mass is 348 g/mol. The Morgan fingerprint density at radius 3 is 1.08 bits per heavy atom. The summed E-state index contributed by atoms with van der Waals surface area (Å²) in [7, 11) is 0. The van der Waals surface area contributed by atoms with Gasteiger partial charge < -0.3 is 0 Å². The van der Waals surface area contributed by atoms with E-state index in [0.29, 0.717) is 10.8 Å². The second-order valence-corrected chi connectivity index (χ2v) is 10.5. The Kier molecular flexibility index (Phi) is 5.33. The Hall–Kier alpha value is -1.56. The molecule has 2 fully saturated rings. The molecule has 2 saturated carbocycles. The molecule has 0 radical (unpaired) electrons. The molecule has 140 valence electrons. The summed E-state index contributed by atoms with van der Waals surface area (Å²) in [5.74, 6) is 3.46. The van der Waals surface area contributed by atoms with Crippen molar-refractivity contribution in [2.24, 2.45) is 22.7 Å². The Morgan fingerprint density at radius 2 is 0.846 bits per heavy atom. The topological polar surface area (TPSA) is 0 Å². The van der Waals surface area contributed by atoms with Gasteiger partial charge >= 0.3 is 0 Å². The van der Waals surface area contributed by atoms with Crippen molar-refractivity contribution in [1.29, 1.82) is 0 Å². The number of hydrogen-bond donors (Lipinski definition) is 0. The minimum Gasteiger partial charge on any atom is -0.0622 e. The van der Waals surface area contributed by atoms with Gasteiger partial charge in [0.15, 0.2) is 0 Å². The number of hydrogen-bond acceptors (Lipinski definition) is 0. The lowest BCUT2D eigenvalue weighted by Gasteiger charge is -2.18. The molecular weight excluding hydrogens is 312 g/mol. The van der Waals surface area contributed by atoms with Crippen LogP contribution in [0.4, 0.5) is 0 Å². The van der Waals surface area contributed by atoms with Gasteiger partial charge in [-0.05, 0) is 58.5 Å². The Bertz CT molecular complexity index is 621. The highest BCUT2D eigenvalue weighted by molar-refractivity contribution is 5.27. The first-order valence-corrected chi connectivity index (χ1v) is 10.3. The maximum atomic E-state index is 2.35. The van der Waals surface area contributed by atoms with Crippen molar-refractivity contribution in [2.75, 3.05) is 0 Å². The molecule has 2 aromatic rings. The normalized spacial score (nSPS) is 27.3. The third kappa shape index (κ3) is 4.78. The average molecular weight is 349 g/mol. The van der Waals surface area contributed by atoms with Gasteiger partial charge in [0.1, 0.15) is 0 Å². The van der Waals surface area contributed by atoms with Crippen LogP contribution in [0.2, 0.25) is 0 Å². The maximum Gasteiger partial charge on any atom is -0.0125 e. The van der Waals surface area contributed by atoms with E-state index in [9.17, 15) is 0 Å². The molecule has 0 bridgehead atoms. The van der Waals surface area contributed by atoms with E-state index in [1.54, 1.807) is 0 Å². The van der Waals surface area contributed by atoms with Gasteiger partial charge in [-0.15, -0.1) is 0 Å². The lowest BCUT2D eigenvalue weighted by atomic mass is 9.88. The highest BCUT2D eigenvalue weighted by atomic mass is 14.5. The zero-order valence-electron chi connectivity index (χ0n) is 17.5. The molecule has 0 aliphatic heterocycles. The van der Waals surface area contributed by atoms with Crippen molar-refractivity contribution in [3.63, 3.8) is 0 Å². The van der Waals surface area contributed by atoms with Gasteiger partial charge in [0.05, 0.1) is 0 Å². The lowest BCUT2D eigenvalue weighted by molar-refractivity contribution is 0.343. The van der Waals surface area contributed by atoms with E-state index in [4.69, 9.17) is 0 Å². The highest BCUT2D eigenvalue weighted by Crippen LogP contribution is 2.57. The molecule has 4 rings (SSSR count). The lowest BCUT2D eigenvalue weighted by Crippen LogP contribution is -2.08. The Morgan fingerprint density at radius 1 is 0.538 bits per heavy atom. The van der Waals surface area contributed by atoms with Crippen LogP contribution in [-0.2, 0) is 0 Å². The van der Waals surface area contributed by atoms with Crippen LogP contribution in [-0.4, -0.2) is 0 Å². The van der Waals surface area contributed by atoms with Crippen LogP contribution in [0.5, 0.6) is 0 Å². The molecule has 4 atom stereocenters. The summed E-state index contributed by atoms with van der Waals surface area (Å²) >= 11 is 0. The molecule has 0 aromatic heterocycles. The first-order valence-electron chi connectivity index (χ1n) is 10.3. The van der Waals surface area contributed by atoms with Gasteiger partial charge in [-0.2, -0.15) is 0 Å². The second kappa shape index (κ2) is 7.22. The van der Waals surface area contributed by atoms with Crippen LogP contribution in [0.15, 0.2) is 60.7 Å². The molecule has 4 unspecified atom stereocenters. The third-order valence-corrected chi connectivity index (χ3v) is 6.26. The number of benzene rings is 2. The quantitative estimate of drug-likeness (QED) is 0.522. The fraction of sp³-hybridized carbons (Fsp3) is 0.538. The molecule has 0 amide bonds. The second-order valence-electron chi connectivity index (χ2n) is 10.5. The molecule has 2 aliphatic carbocycles. The van der Waals surface area contributed by atoms with Crippen molar-refractivity contribution in [3.8, 4) is 0 Å². The summed E-state index contributed by atoms with van der Waals surface area (Å²) in [6.07, 6.45) is 2.76. The first-order chi connectivity index (χ1) is 12.2. The molecule has 2 aliphatic rings. The predicted molar refractivity (Wildman–Crippen MR) is 113 cm³/mol. The van der Waals surface area contributed by atoms with Crippen LogP contribution in [0.3, 0.4) is 0 Å². The standard InChI is InChI=1S/2C13H18/c2*1-13(2,3)12-9-11(12)10-7-5-4-6-8-10/h2*4-8,11-12H,9H2,1-3H3. The molecule has 0 heteroatoms. The molecule has 26 heavy (non-hydrogen) atoms. The van der Waals surface area contributed by atoms with Crippen LogP contribution in [0.25, 0.3) is 0 Å². The molecule has 0 nitrogen and oxygen atoms in total. The Balaban J connectivity index is 0.000000151. The van der Waals surface area contributed by atoms with E-state index in [-0.39, 0.29) is 0 Å². The van der Waals surface area contributed by atoms with Crippen LogP contribution < -0.4 is 0 Å². The van der Waals surface area contributed by atoms with Crippen LogP contribution >= 0.6 is 0 Å². The van der Waals surface area contributed by atoms with Crippen molar-refractivity contribution >= 4 is 0 Å². The summed E-state index contributed by atoms with van der Waals surface area (Å²) in [5.41, 5.74) is 4.03. The minimum atomic E-state index is 0.487. The van der Waals surface area contributed by atoms with E-state index in [2.05, 4.69) is 102 Å². The fourth-order valence-corrected chi connectivity index (χ4v) is 4.44. The van der Waals surface area contributed by atoms with E-state index in [1.807, 2.05) is 0 Å². The zero-order valence-corrected chi connectivity index (χ0v) is 17.5. The minimum absolute atomic E-state index is 0.487. The van der Waals surface area contributed by atoms with Gasteiger partial charge in [-0.25, -0.2) is 0 Å². The SMILES string of the molecule is CC(C)(C)C1CC1c1ccccc1.CC(C)(C)C1CC1c1ccccc1. The van der Waals surface area contributed by atoms with Gasteiger partial charge in [0.2, 0.25) is 0 Å². The maximum absolute atomic E-state index is 2.35. The summed E-state index contributed by atoms with van der Waals surface area (Å²) in [6.45, 7) is 14.1. The molecule has 0 saturated heterocycles. The summed E-state index contributed by atoms with van der Waals surface area (Å²) in [4.78, 5) is 0. The first kappa shape index (κ1) is 19.2. The number of rotatable bonds is 2. The highest BCUT2D eigenvalue weighted by Gasteiger charge is 2.46. The van der Waals surface area contributed by atoms with Gasteiger partial charge in [-0.3, -0.25) is 0 Å². The van der Waals surface area contributed by atoms with E-state index < -0.39 is 0 Å². The van der Waals surface area contributed by atoms with E-state index in [0.717, 1.165) is 23.7 Å². The third-order valence-electron chi connectivity index (χ3n) is 6.26. The molecule has 0 heterocycles. The molecule has 0 N–H and O–H groups in total. The summed E-state index contributed by atoms with van der Waals surface area (Å²) < 4.78 is 0. The summed E-state index contributed by atoms with van der Waals surface area (Å²) in [5, 5.41) is 0. The molecular formula is C26H36. The molecule has 2 aromatic carbocycles. The largest absolute Gasteiger partial charge is 0.0622 e. The zero-order chi connectivity index (χ0) is 18.9. The fourth-order valence-electron chi connectivity index (χ4n) is 4.44. The van der Waals surface area contributed by atoms with Crippen molar-refractivity contribution in [2.45, 2.75) is 66.2 Å². The van der Waals surface area contributed by atoms with E-state index in [1.165, 1.54) is 24.0 Å². The van der Waals surface area contributed by atoms with Gasteiger partial charge in [0.25, 0.3) is 0 Å². The van der Waals surface area contributed by atoms with Crippen LogP contribution in [0, 0.1) is 22.7 Å². The van der Waals surface area contributed by atoms with Gasteiger partial charge in [-0.1, -0.05) is 102 Å². The summed E-state index contributed by atoms with van der Waals surface area (Å²) in [6, 6.07) is 21.8. The van der Waals surface area contributed by atoms with Crippen LogP contribution in [0.1, 0.15) is 77.3 Å². The van der Waals surface area contributed by atoms with Crippen molar-refractivity contribution in [3.05, 3.63) is 71.8 Å². The average Bonchev–Trinajstić information content (AvgIpc) is 3.48. The predicted octanol–water partition coefficient (Wildman–Crippen LogP) is 7.67. The Labute approximate surface area is 161 Å². The van der Waals surface area contributed by atoms with Gasteiger partial charge in [0, 0.05) is 0 Å². The molecule has 0 spiro atoms. The van der Waals surface area contributed by atoms with Crippen molar-refractivity contribution in [1.82, 2.24) is 0 Å².